The fourth-order valence-electron chi connectivity index (χ4n) is 9.14. The number of alkyl halides is 6. The number of methoxy groups -OCH3 is 1. The standard InChI is InChI=1S/C59H40F14O13S3/c1-29-44(60)48(64)54(49(65)45(29)61)88(78,79)55-50(66)46(62)53(47(63)51(55)67)86-40-22-14-36(15-23-40)57(3,59(71,72)73)34-10-18-38(19-11-34)84-41-24-6-30(26-32(41)28-87(75,76)77)52(74)31-7-25-42(43(27-31)89(80,81)83-5)85-39-20-12-35(13-21-39)56(2,58(68,69)70)33-8-16-37(82-4)17-9-33/h6-27H,28H2,1-5H3,(H,75,76,77). The van der Waals surface area contributed by atoms with Gasteiger partial charge in [-0.05, 0) is 128 Å². The Morgan fingerprint density at radius 2 is 0.809 bits per heavy atom. The number of carbonyl (C=O) groups is 1. The summed E-state index contributed by atoms with van der Waals surface area (Å²) < 4.78 is 322. The molecule has 0 saturated carbocycles. The van der Waals surface area contributed by atoms with Gasteiger partial charge in [0.15, 0.2) is 40.7 Å². The first kappa shape index (κ1) is 66.4. The maximum Gasteiger partial charge on any atom is 0.402 e. The molecule has 0 bridgehead atoms. The minimum Gasteiger partial charge on any atom is -0.497 e. The third-order valence-corrected chi connectivity index (χ3v) is 18.1. The van der Waals surface area contributed by atoms with Crippen LogP contribution in [0.4, 0.5) is 61.5 Å². The molecule has 470 valence electrons. The van der Waals surface area contributed by atoms with E-state index in [1.807, 2.05) is 0 Å². The molecule has 8 aromatic carbocycles. The zero-order chi connectivity index (χ0) is 65.9. The van der Waals surface area contributed by atoms with Crippen molar-refractivity contribution in [2.24, 2.45) is 0 Å². The molecule has 89 heavy (non-hydrogen) atoms. The molecule has 8 aromatic rings. The summed E-state index contributed by atoms with van der Waals surface area (Å²) in [5, 5.41) is 0. The number of ketones is 1. The van der Waals surface area contributed by atoms with E-state index in [1.165, 1.54) is 31.4 Å². The summed E-state index contributed by atoms with van der Waals surface area (Å²) in [5.74, 6) is -27.3. The Bertz CT molecular complexity index is 4400. The highest BCUT2D eigenvalue weighted by Gasteiger charge is 2.55. The van der Waals surface area contributed by atoms with Crippen molar-refractivity contribution in [3.63, 3.8) is 0 Å². The second kappa shape index (κ2) is 24.1. The Labute approximate surface area is 496 Å². The third kappa shape index (κ3) is 12.5. The molecule has 2 unspecified atom stereocenters. The molecule has 0 heterocycles. The smallest absolute Gasteiger partial charge is 0.402 e. The number of ether oxygens (including phenoxy) is 4. The van der Waals surface area contributed by atoms with Gasteiger partial charge in [-0.2, -0.15) is 52.0 Å². The first-order valence-electron chi connectivity index (χ1n) is 25.0. The van der Waals surface area contributed by atoms with E-state index < -0.39 is 166 Å². The van der Waals surface area contributed by atoms with Gasteiger partial charge in [-0.1, -0.05) is 48.5 Å². The number of carbonyl (C=O) groups excluding carboxylic acids is 1. The largest absolute Gasteiger partial charge is 0.497 e. The summed E-state index contributed by atoms with van der Waals surface area (Å²) in [6, 6.07) is 22.1. The van der Waals surface area contributed by atoms with Gasteiger partial charge in [0, 0.05) is 22.3 Å². The van der Waals surface area contributed by atoms with E-state index in [-0.39, 0.29) is 39.5 Å². The van der Waals surface area contributed by atoms with Crippen LogP contribution >= 0.6 is 0 Å². The molecular weight excluding hydrogens is 1280 g/mol. The number of hydrogen-bond donors (Lipinski definition) is 1. The molecule has 8 rings (SSSR count). The summed E-state index contributed by atoms with van der Waals surface area (Å²) >= 11 is 0. The Balaban J connectivity index is 1.03. The van der Waals surface area contributed by atoms with Gasteiger partial charge in [0.25, 0.3) is 20.2 Å². The van der Waals surface area contributed by atoms with Crippen LogP contribution in [-0.4, -0.2) is 62.2 Å². The first-order chi connectivity index (χ1) is 41.3. The van der Waals surface area contributed by atoms with Crippen molar-refractivity contribution in [1.82, 2.24) is 0 Å². The molecule has 0 aliphatic rings. The Kier molecular flexibility index (Phi) is 18.0. The van der Waals surface area contributed by atoms with Crippen LogP contribution in [-0.2, 0) is 50.8 Å². The van der Waals surface area contributed by atoms with E-state index in [0.29, 0.717) is 43.9 Å². The molecule has 13 nitrogen and oxygen atoms in total. The molecule has 0 amide bonds. The van der Waals surface area contributed by atoms with E-state index >= 15 is 30.7 Å². The molecule has 1 N–H and O–H groups in total. The van der Waals surface area contributed by atoms with E-state index in [1.54, 1.807) is 0 Å². The summed E-state index contributed by atoms with van der Waals surface area (Å²) in [5.41, 5.74) is -9.61. The van der Waals surface area contributed by atoms with Crippen molar-refractivity contribution in [3.8, 4) is 40.2 Å². The molecule has 0 spiro atoms. The fourth-order valence-corrected chi connectivity index (χ4v) is 12.1. The van der Waals surface area contributed by atoms with Crippen LogP contribution in [0.25, 0.3) is 0 Å². The Morgan fingerprint density at radius 1 is 0.461 bits per heavy atom. The average Bonchev–Trinajstić information content (AvgIpc) is 2.14. The maximum absolute atomic E-state index is 15.3. The topological polar surface area (TPSA) is 186 Å². The molecule has 0 radical (unpaired) electrons. The lowest BCUT2D eigenvalue weighted by Gasteiger charge is -2.33. The molecule has 0 fully saturated rings. The second-order valence-corrected chi connectivity index (χ2v) is 24.6. The SMILES string of the molecule is COc1ccc(C(C)(c2ccc(Oc3ccc(C(=O)c4ccc(Oc5ccc(C(C)(c6ccc(Oc7c(F)c(F)c(S(=O)(=O)c8c(F)c(F)c(C)c(F)c8F)c(F)c7F)cc6)C(F)(F)F)cc5)c(CS(=O)(=O)O)c4)cc3S(=O)(=O)OC)cc2)C(F)(F)F)cc1. The van der Waals surface area contributed by atoms with Crippen molar-refractivity contribution < 1.29 is 119 Å². The first-order valence-corrected chi connectivity index (χ1v) is 29.5. The lowest BCUT2D eigenvalue weighted by molar-refractivity contribution is -0.173. The molecule has 0 aliphatic heterocycles. The lowest BCUT2D eigenvalue weighted by atomic mass is 9.75. The number of sulfone groups is 1. The zero-order valence-electron chi connectivity index (χ0n) is 45.8. The van der Waals surface area contributed by atoms with Gasteiger partial charge < -0.3 is 18.9 Å². The molecule has 0 saturated heterocycles. The molecular formula is C59H40F14O13S3. The molecule has 0 aromatic heterocycles. The van der Waals surface area contributed by atoms with E-state index in [2.05, 4.69) is 4.18 Å². The molecule has 30 heteroatoms. The maximum atomic E-state index is 15.3. The highest BCUT2D eigenvalue weighted by atomic mass is 32.2. The summed E-state index contributed by atoms with van der Waals surface area (Å²) in [6.07, 6.45) is -10.0. The third-order valence-electron chi connectivity index (χ3n) is 14.3. The highest BCUT2D eigenvalue weighted by Crippen LogP contribution is 2.49. The van der Waals surface area contributed by atoms with Crippen LogP contribution in [0.2, 0.25) is 0 Å². The highest BCUT2D eigenvalue weighted by molar-refractivity contribution is 7.91. The predicted molar refractivity (Wildman–Crippen MR) is 286 cm³/mol. The monoisotopic (exact) mass is 1320 g/mol. The van der Waals surface area contributed by atoms with Gasteiger partial charge in [-0.3, -0.25) is 13.5 Å². The number of benzene rings is 8. The second-order valence-electron chi connectivity index (χ2n) is 19.6. The van der Waals surface area contributed by atoms with Crippen LogP contribution in [0.1, 0.15) is 63.1 Å². The van der Waals surface area contributed by atoms with Crippen LogP contribution in [0.5, 0.6) is 40.2 Å². The van der Waals surface area contributed by atoms with Crippen LogP contribution in [0.15, 0.2) is 148 Å². The van der Waals surface area contributed by atoms with Crippen LogP contribution in [0, 0.1) is 53.5 Å². The van der Waals surface area contributed by atoms with Gasteiger partial charge in [-0.25, -0.2) is 34.8 Å². The summed E-state index contributed by atoms with van der Waals surface area (Å²) in [4.78, 5) is 7.88. The van der Waals surface area contributed by atoms with Crippen molar-refractivity contribution in [2.75, 3.05) is 14.2 Å². The van der Waals surface area contributed by atoms with E-state index in [0.717, 1.165) is 99.0 Å². The van der Waals surface area contributed by atoms with Crippen molar-refractivity contribution in [3.05, 3.63) is 225 Å². The van der Waals surface area contributed by atoms with Crippen LogP contribution in [0.3, 0.4) is 0 Å². The molecule has 2 atom stereocenters. The quantitative estimate of drug-likeness (QED) is 0.0265. The number of halogens is 14. The minimum atomic E-state index is -6.50. The lowest BCUT2D eigenvalue weighted by Crippen LogP contribution is -2.40. The normalized spacial score (nSPS) is 13.8. The molecule has 0 aliphatic carbocycles. The Hall–Kier alpha value is -8.58. The van der Waals surface area contributed by atoms with Crippen molar-refractivity contribution in [2.45, 2.75) is 64.4 Å². The van der Waals surface area contributed by atoms with Gasteiger partial charge in [0.2, 0.25) is 27.2 Å². The summed E-state index contributed by atoms with van der Waals surface area (Å²) in [7, 11) is -14.1. The average molecular weight is 1320 g/mol. The van der Waals surface area contributed by atoms with Gasteiger partial charge in [-0.15, -0.1) is 0 Å². The van der Waals surface area contributed by atoms with Crippen molar-refractivity contribution in [1.29, 1.82) is 0 Å². The Morgan fingerprint density at radius 3 is 1.18 bits per heavy atom. The fraction of sp³-hybridized carbons (Fsp3) is 0.169. The number of hydrogen-bond acceptors (Lipinski definition) is 12. The minimum absolute atomic E-state index is 0.128. The number of rotatable bonds is 19. The van der Waals surface area contributed by atoms with Crippen LogP contribution < -0.4 is 18.9 Å². The zero-order valence-corrected chi connectivity index (χ0v) is 48.2. The predicted octanol–water partition coefficient (Wildman–Crippen LogP) is 15.0. The van der Waals surface area contributed by atoms with Gasteiger partial charge in [0.05, 0.1) is 14.2 Å². The van der Waals surface area contributed by atoms with E-state index in [9.17, 15) is 65.3 Å². The van der Waals surface area contributed by atoms with Gasteiger partial charge >= 0.3 is 12.4 Å². The summed E-state index contributed by atoms with van der Waals surface area (Å²) in [6.45, 7) is 2.10. The van der Waals surface area contributed by atoms with Gasteiger partial charge in [0.1, 0.15) is 65.8 Å². The van der Waals surface area contributed by atoms with E-state index in [4.69, 9.17) is 18.9 Å². The van der Waals surface area contributed by atoms with Crippen molar-refractivity contribution >= 4 is 35.9 Å².